The molecule has 0 saturated carbocycles. The average Bonchev–Trinajstić information content (AvgIpc) is 2.93. The number of hydrogen-bond donors (Lipinski definition) is 2. The number of aromatic hydroxyl groups is 1. The average molecular weight is 529 g/mol. The van der Waals surface area contributed by atoms with Crippen molar-refractivity contribution < 1.29 is 14.6 Å². The zero-order valence-corrected chi connectivity index (χ0v) is 23.9. The van der Waals surface area contributed by atoms with Crippen molar-refractivity contribution in [3.05, 3.63) is 95.6 Å². The van der Waals surface area contributed by atoms with Gasteiger partial charge in [-0.2, -0.15) is 0 Å². The van der Waals surface area contributed by atoms with Gasteiger partial charge in [0.25, 0.3) is 0 Å². The van der Waals surface area contributed by atoms with E-state index in [1.807, 2.05) is 20.8 Å². The number of hydrogen-bond acceptors (Lipinski definition) is 4. The van der Waals surface area contributed by atoms with Gasteiger partial charge in [0, 0.05) is 31.2 Å². The number of phenols is 1. The molecule has 3 aromatic carbocycles. The number of carbonyl (C=O) groups is 1. The molecule has 0 aliphatic carbocycles. The molecule has 1 aliphatic heterocycles. The van der Waals surface area contributed by atoms with Gasteiger partial charge in [0.15, 0.2) is 0 Å². The summed E-state index contributed by atoms with van der Waals surface area (Å²) in [6.45, 7) is 10.5. The molecule has 2 atom stereocenters. The second-order valence-electron chi connectivity index (χ2n) is 11.8. The van der Waals surface area contributed by atoms with Gasteiger partial charge < -0.3 is 20.1 Å². The molecule has 39 heavy (non-hydrogen) atoms. The Labute approximate surface area is 234 Å². The number of ether oxygens (including phenoxy) is 1. The van der Waals surface area contributed by atoms with E-state index in [2.05, 4.69) is 83.9 Å². The van der Waals surface area contributed by atoms with E-state index in [9.17, 15) is 9.90 Å². The molecule has 0 aromatic heterocycles. The molecular weight excluding hydrogens is 484 g/mol. The third kappa shape index (κ3) is 8.26. The van der Waals surface area contributed by atoms with Gasteiger partial charge >= 0.3 is 6.09 Å². The lowest BCUT2D eigenvalue weighted by atomic mass is 9.80. The smallest absolute Gasteiger partial charge is 0.407 e. The summed E-state index contributed by atoms with van der Waals surface area (Å²) in [6.07, 6.45) is 3.85. The van der Waals surface area contributed by atoms with Crippen LogP contribution in [0.1, 0.15) is 81.9 Å². The number of alkyl carbamates (subject to hydrolysis) is 1. The van der Waals surface area contributed by atoms with E-state index in [4.69, 9.17) is 4.74 Å². The Balaban J connectivity index is 1.41. The summed E-state index contributed by atoms with van der Waals surface area (Å²) < 4.78 is 5.37. The number of benzene rings is 3. The summed E-state index contributed by atoms with van der Waals surface area (Å²) in [5.41, 5.74) is 4.68. The van der Waals surface area contributed by atoms with Crippen molar-refractivity contribution in [3.8, 4) is 5.75 Å². The molecule has 5 nitrogen and oxygen atoms in total. The first-order chi connectivity index (χ1) is 18.7. The fourth-order valence-corrected chi connectivity index (χ4v) is 5.57. The molecule has 2 unspecified atom stereocenters. The van der Waals surface area contributed by atoms with E-state index in [1.165, 1.54) is 22.4 Å². The van der Waals surface area contributed by atoms with Crippen molar-refractivity contribution in [2.45, 2.75) is 70.8 Å². The largest absolute Gasteiger partial charge is 0.508 e. The van der Waals surface area contributed by atoms with Gasteiger partial charge in [-0.15, -0.1) is 0 Å². The first-order valence-electron chi connectivity index (χ1n) is 14.4. The zero-order chi connectivity index (χ0) is 27.8. The maximum atomic E-state index is 12.0. The summed E-state index contributed by atoms with van der Waals surface area (Å²) in [5.74, 6) is 1.47. The minimum Gasteiger partial charge on any atom is -0.508 e. The van der Waals surface area contributed by atoms with E-state index in [1.54, 1.807) is 12.1 Å². The molecule has 3 aromatic rings. The van der Waals surface area contributed by atoms with Crippen molar-refractivity contribution in [3.63, 3.8) is 0 Å². The van der Waals surface area contributed by atoms with Crippen LogP contribution >= 0.6 is 0 Å². The maximum Gasteiger partial charge on any atom is 0.407 e. The maximum absolute atomic E-state index is 12.0. The van der Waals surface area contributed by atoms with Crippen LogP contribution < -0.4 is 10.2 Å². The van der Waals surface area contributed by atoms with Gasteiger partial charge in [-0.3, -0.25) is 0 Å². The van der Waals surface area contributed by atoms with Gasteiger partial charge in [0.1, 0.15) is 11.4 Å². The normalized spacial score (nSPS) is 15.9. The van der Waals surface area contributed by atoms with Crippen molar-refractivity contribution in [1.82, 2.24) is 5.32 Å². The van der Waals surface area contributed by atoms with Crippen LogP contribution in [-0.4, -0.2) is 36.4 Å². The molecule has 0 bridgehead atoms. The number of nitrogens with one attached hydrogen (secondary N) is 1. The van der Waals surface area contributed by atoms with Crippen LogP contribution in [0.5, 0.6) is 5.75 Å². The van der Waals surface area contributed by atoms with E-state index in [0.29, 0.717) is 24.1 Å². The lowest BCUT2D eigenvalue weighted by Gasteiger charge is -2.34. The molecule has 1 saturated heterocycles. The SMILES string of the molecule is CCC(CC(c1ccc(O)cc1)c1ccc(N2CCC(CNC(=O)OC(C)(C)C)CC2)cc1)c1ccccc1. The first kappa shape index (κ1) is 28.5. The molecule has 5 heteroatoms. The highest BCUT2D eigenvalue weighted by atomic mass is 16.6. The summed E-state index contributed by atoms with van der Waals surface area (Å²) in [4.78, 5) is 14.5. The standard InChI is InChI=1S/C34H44N2O3/c1-5-26(27-9-7-6-8-10-27)23-32(29-13-17-31(37)18-14-29)28-11-15-30(16-12-28)36-21-19-25(20-22-36)24-35-33(38)39-34(2,3)4/h6-18,25-26,32,37H,5,19-24H2,1-4H3,(H,35,38). The van der Waals surface area contributed by atoms with Gasteiger partial charge in [-0.25, -0.2) is 4.79 Å². The minimum absolute atomic E-state index is 0.245. The Morgan fingerprint density at radius 2 is 1.51 bits per heavy atom. The Morgan fingerprint density at radius 1 is 0.923 bits per heavy atom. The molecule has 1 amide bonds. The van der Waals surface area contributed by atoms with E-state index < -0.39 is 5.60 Å². The molecule has 1 fully saturated rings. The Kier molecular flexibility index (Phi) is 9.55. The van der Waals surface area contributed by atoms with Crippen LogP contribution in [0.25, 0.3) is 0 Å². The van der Waals surface area contributed by atoms with Gasteiger partial charge in [-0.05, 0) is 99.2 Å². The summed E-state index contributed by atoms with van der Waals surface area (Å²) >= 11 is 0. The molecule has 0 spiro atoms. The molecule has 1 aliphatic rings. The van der Waals surface area contributed by atoms with Crippen LogP contribution in [-0.2, 0) is 4.74 Å². The Hall–Kier alpha value is -3.47. The number of nitrogens with zero attached hydrogens (tertiary/aromatic N) is 1. The topological polar surface area (TPSA) is 61.8 Å². The number of rotatable bonds is 9. The van der Waals surface area contributed by atoms with E-state index in [0.717, 1.165) is 38.8 Å². The fourth-order valence-electron chi connectivity index (χ4n) is 5.57. The Morgan fingerprint density at radius 3 is 2.08 bits per heavy atom. The monoisotopic (exact) mass is 528 g/mol. The van der Waals surface area contributed by atoms with Gasteiger partial charge in [-0.1, -0.05) is 61.5 Å². The van der Waals surface area contributed by atoms with Crippen molar-refractivity contribution in [2.24, 2.45) is 5.92 Å². The zero-order valence-electron chi connectivity index (χ0n) is 23.9. The van der Waals surface area contributed by atoms with Crippen LogP contribution in [0, 0.1) is 5.92 Å². The summed E-state index contributed by atoms with van der Waals surface area (Å²) in [7, 11) is 0. The predicted molar refractivity (Wildman–Crippen MR) is 160 cm³/mol. The number of anilines is 1. The second kappa shape index (κ2) is 13.1. The highest BCUT2D eigenvalue weighted by Gasteiger charge is 2.24. The van der Waals surface area contributed by atoms with Gasteiger partial charge in [0.2, 0.25) is 0 Å². The van der Waals surface area contributed by atoms with E-state index in [-0.39, 0.29) is 12.0 Å². The molecule has 4 rings (SSSR count). The quantitative estimate of drug-likeness (QED) is 0.297. The van der Waals surface area contributed by atoms with Crippen LogP contribution in [0.2, 0.25) is 0 Å². The summed E-state index contributed by atoms with van der Waals surface area (Å²) in [5, 5.41) is 12.8. The second-order valence-corrected chi connectivity index (χ2v) is 11.8. The number of piperidine rings is 1. The summed E-state index contributed by atoms with van der Waals surface area (Å²) in [6, 6.07) is 27.6. The third-order valence-corrected chi connectivity index (χ3v) is 7.79. The molecule has 1 heterocycles. The molecule has 2 N–H and O–H groups in total. The van der Waals surface area contributed by atoms with Gasteiger partial charge in [0.05, 0.1) is 0 Å². The van der Waals surface area contributed by atoms with Crippen molar-refractivity contribution >= 4 is 11.8 Å². The molecule has 0 radical (unpaired) electrons. The van der Waals surface area contributed by atoms with Crippen LogP contribution in [0.4, 0.5) is 10.5 Å². The fraction of sp³-hybridized carbons (Fsp3) is 0.441. The van der Waals surface area contributed by atoms with Crippen LogP contribution in [0.3, 0.4) is 0 Å². The lowest BCUT2D eigenvalue weighted by molar-refractivity contribution is 0.0517. The van der Waals surface area contributed by atoms with Crippen molar-refractivity contribution in [2.75, 3.05) is 24.5 Å². The molecule has 208 valence electrons. The van der Waals surface area contributed by atoms with E-state index >= 15 is 0 Å². The van der Waals surface area contributed by atoms with Crippen LogP contribution in [0.15, 0.2) is 78.9 Å². The minimum atomic E-state index is -0.472. The Bertz CT molecular complexity index is 1160. The first-order valence-corrected chi connectivity index (χ1v) is 14.4. The van der Waals surface area contributed by atoms with Crippen molar-refractivity contribution in [1.29, 1.82) is 0 Å². The predicted octanol–water partition coefficient (Wildman–Crippen LogP) is 7.85. The lowest BCUT2D eigenvalue weighted by Crippen LogP contribution is -2.40. The highest BCUT2D eigenvalue weighted by Crippen LogP contribution is 2.38. The highest BCUT2D eigenvalue weighted by molar-refractivity contribution is 5.67. The number of carbonyl (C=O) groups excluding carboxylic acids is 1. The number of phenolic OH excluding ortho intramolecular Hbond substituents is 1. The number of amides is 1. The third-order valence-electron chi connectivity index (χ3n) is 7.79. The molecular formula is C34H44N2O3.